The lowest BCUT2D eigenvalue weighted by Gasteiger charge is -2.29. The van der Waals surface area contributed by atoms with Gasteiger partial charge in [0.15, 0.2) is 17.2 Å². The van der Waals surface area contributed by atoms with Gasteiger partial charge in [0.2, 0.25) is 7.55 Å². The number of nitrogens with two attached hydrogens (primary N) is 1. The summed E-state index contributed by atoms with van der Waals surface area (Å²) in [6.45, 7) is 5.17. The molecule has 142 valence electrons. The number of hydrogen-bond donors (Lipinski definition) is 2. The fourth-order valence-electron chi connectivity index (χ4n) is 3.79. The van der Waals surface area contributed by atoms with Crippen LogP contribution in [0, 0.1) is 6.92 Å². The van der Waals surface area contributed by atoms with Crippen LogP contribution in [-0.4, -0.2) is 41.0 Å². The summed E-state index contributed by atoms with van der Waals surface area (Å²) in [5, 5.41) is 9.89. The van der Waals surface area contributed by atoms with E-state index in [-0.39, 0.29) is 5.75 Å². The topological polar surface area (TPSA) is 63.4 Å². The van der Waals surface area contributed by atoms with Gasteiger partial charge in [-0.05, 0) is 62.2 Å². The van der Waals surface area contributed by atoms with Gasteiger partial charge >= 0.3 is 0 Å². The van der Waals surface area contributed by atoms with Crippen LogP contribution in [0.4, 0.5) is 0 Å². The van der Waals surface area contributed by atoms with Crippen LogP contribution >= 0.6 is 0 Å². The molecule has 0 unspecified atom stereocenters. The first-order chi connectivity index (χ1) is 13.6. The van der Waals surface area contributed by atoms with Gasteiger partial charge in [-0.15, -0.1) is 0 Å². The second-order valence-corrected chi connectivity index (χ2v) is 6.90. The molecule has 1 aromatic carbocycles. The Morgan fingerprint density at radius 1 is 1.29 bits per heavy atom. The third-order valence-electron chi connectivity index (χ3n) is 5.00. The monoisotopic (exact) mass is 373 g/mol. The van der Waals surface area contributed by atoms with E-state index in [0.717, 1.165) is 17.7 Å². The average Bonchev–Trinajstić information content (AvgIpc) is 3.27. The molecule has 0 amide bonds. The molecule has 28 heavy (non-hydrogen) atoms. The fraction of sp³-hybridized carbons (Fsp3) is 0.227. The highest BCUT2D eigenvalue weighted by Gasteiger charge is 2.24. The summed E-state index contributed by atoms with van der Waals surface area (Å²) in [6.07, 6.45) is 11.2. The van der Waals surface area contributed by atoms with Gasteiger partial charge in [-0.1, -0.05) is 12.1 Å². The lowest BCUT2D eigenvalue weighted by Crippen LogP contribution is -2.30. The summed E-state index contributed by atoms with van der Waals surface area (Å²) in [6, 6.07) is 7.58. The van der Waals surface area contributed by atoms with Crippen molar-refractivity contribution in [1.29, 1.82) is 0 Å². The van der Waals surface area contributed by atoms with Gasteiger partial charge in [0.25, 0.3) is 0 Å². The molecule has 3 N–H and O–H groups in total. The summed E-state index contributed by atoms with van der Waals surface area (Å²) in [5.74, 6) is 0.657. The van der Waals surface area contributed by atoms with E-state index in [2.05, 4.69) is 53.9 Å². The standard InChI is InChI=1S/C22H23BN3O2/c1-3-28-21-14-16(7-9-20(21)27)6-8-17-13-15(2)22-18(10-11-24)19-5-4-12-25(19)23-26(17)22/h4-9,12-14H,3,10-11,24H2,1-2H3/q-1/p+1/b8-6+. The minimum absolute atomic E-state index is 0.157. The number of aryl methyl sites for hydroxylation is 1. The quantitative estimate of drug-likeness (QED) is 0.765. The van der Waals surface area contributed by atoms with E-state index in [4.69, 9.17) is 10.5 Å². The Labute approximate surface area is 166 Å². The van der Waals surface area contributed by atoms with Crippen molar-refractivity contribution in [2.75, 3.05) is 13.2 Å². The number of nitrogens with zero attached hydrogens (tertiary/aromatic N) is 2. The normalized spacial score (nSPS) is 15.2. The van der Waals surface area contributed by atoms with Gasteiger partial charge in [0, 0.05) is 29.1 Å². The van der Waals surface area contributed by atoms with Crippen molar-refractivity contribution in [3.8, 4) is 11.5 Å². The maximum atomic E-state index is 9.89. The molecule has 2 aromatic rings. The van der Waals surface area contributed by atoms with Gasteiger partial charge in [0.1, 0.15) is 6.21 Å². The Morgan fingerprint density at radius 3 is 2.93 bits per heavy atom. The summed E-state index contributed by atoms with van der Waals surface area (Å²) >= 11 is 0. The van der Waals surface area contributed by atoms with Gasteiger partial charge in [-0.25, -0.2) is 0 Å². The largest absolute Gasteiger partial charge is 0.504 e. The van der Waals surface area contributed by atoms with Crippen LogP contribution in [0.2, 0.25) is 0 Å². The fourth-order valence-corrected chi connectivity index (χ4v) is 3.79. The molecule has 0 bridgehead atoms. The van der Waals surface area contributed by atoms with Crippen molar-refractivity contribution < 1.29 is 14.3 Å². The van der Waals surface area contributed by atoms with Crippen LogP contribution in [0.25, 0.3) is 17.7 Å². The van der Waals surface area contributed by atoms with E-state index in [1.807, 2.05) is 25.1 Å². The molecule has 0 saturated carbocycles. The molecule has 0 atom stereocenters. The third-order valence-corrected chi connectivity index (χ3v) is 5.00. The van der Waals surface area contributed by atoms with E-state index < -0.39 is 0 Å². The van der Waals surface area contributed by atoms with Crippen LogP contribution in [0.3, 0.4) is 0 Å². The molecule has 0 aliphatic carbocycles. The number of phenolic OH excluding ortho intramolecular Hbond substituents is 1. The summed E-state index contributed by atoms with van der Waals surface area (Å²) in [5.41, 5.74) is 12.9. The summed E-state index contributed by atoms with van der Waals surface area (Å²) < 4.78 is 9.84. The highest BCUT2D eigenvalue weighted by Crippen LogP contribution is 2.34. The van der Waals surface area contributed by atoms with E-state index >= 15 is 0 Å². The maximum absolute atomic E-state index is 9.89. The first-order valence-electron chi connectivity index (χ1n) is 9.56. The van der Waals surface area contributed by atoms with Gasteiger partial charge in [-0.3, -0.25) is 0 Å². The van der Waals surface area contributed by atoms with Crippen LogP contribution in [-0.2, 0) is 0 Å². The molecule has 2 aliphatic heterocycles. The van der Waals surface area contributed by atoms with Crippen molar-refractivity contribution in [2.24, 2.45) is 5.73 Å². The molecule has 5 nitrogen and oxygen atoms in total. The highest BCUT2D eigenvalue weighted by atomic mass is 16.5. The van der Waals surface area contributed by atoms with Crippen LogP contribution in [0.1, 0.15) is 35.9 Å². The predicted molar refractivity (Wildman–Crippen MR) is 115 cm³/mol. The van der Waals surface area contributed by atoms with Gasteiger partial charge in [-0.2, -0.15) is 0 Å². The third kappa shape index (κ3) is 3.20. The zero-order valence-corrected chi connectivity index (χ0v) is 16.2. The number of aromatic hydroxyl groups is 1. The van der Waals surface area contributed by atoms with Crippen molar-refractivity contribution in [1.82, 2.24) is 4.48 Å². The van der Waals surface area contributed by atoms with Crippen molar-refractivity contribution >= 4 is 31.5 Å². The van der Waals surface area contributed by atoms with Crippen LogP contribution < -0.4 is 10.5 Å². The first kappa shape index (κ1) is 18.4. The summed E-state index contributed by atoms with van der Waals surface area (Å²) in [4.78, 5) is 0. The van der Waals surface area contributed by atoms with Crippen molar-refractivity contribution in [3.05, 3.63) is 64.6 Å². The number of fused-ring (bicyclic) bond motifs is 2. The SMILES string of the molecule is CCOc1cc(/C=C/c2cc(C)c3n2[B-][N+]2=CC=CC2=C3CCN)ccc1O. The Hall–Kier alpha value is -2.99. The molecule has 3 heterocycles. The average molecular weight is 373 g/mol. The molecule has 0 saturated heterocycles. The number of benzene rings is 1. The second-order valence-electron chi connectivity index (χ2n) is 6.90. The minimum Gasteiger partial charge on any atom is -0.504 e. The summed E-state index contributed by atoms with van der Waals surface area (Å²) in [7, 11) is 2.11. The zero-order valence-electron chi connectivity index (χ0n) is 16.2. The number of allylic oxidation sites excluding steroid dienone is 2. The molecular weight excluding hydrogens is 349 g/mol. The van der Waals surface area contributed by atoms with E-state index in [1.165, 1.54) is 22.5 Å². The molecule has 1 aromatic heterocycles. The molecule has 6 heteroatoms. The van der Waals surface area contributed by atoms with Crippen LogP contribution in [0.5, 0.6) is 11.5 Å². The van der Waals surface area contributed by atoms with Crippen LogP contribution in [0.15, 0.2) is 42.1 Å². The van der Waals surface area contributed by atoms with Gasteiger partial charge < -0.3 is 24.5 Å². The smallest absolute Gasteiger partial charge is 0.221 e. The Morgan fingerprint density at radius 2 is 2.14 bits per heavy atom. The lowest BCUT2D eigenvalue weighted by molar-refractivity contribution is -0.307. The lowest BCUT2D eigenvalue weighted by atomic mass is 9.94. The molecule has 4 rings (SSSR count). The predicted octanol–water partition coefficient (Wildman–Crippen LogP) is 3.18. The molecular formula is C22H24BN3O2. The Balaban J connectivity index is 1.71. The highest BCUT2D eigenvalue weighted by molar-refractivity contribution is 6.28. The van der Waals surface area contributed by atoms with Gasteiger partial charge in [0.05, 0.1) is 6.61 Å². The molecule has 0 spiro atoms. The Bertz CT molecular complexity index is 1040. The zero-order chi connectivity index (χ0) is 19.7. The number of rotatable bonds is 6. The number of phenols is 1. The molecule has 2 radical (unpaired) electrons. The molecule has 0 fully saturated rings. The van der Waals surface area contributed by atoms with E-state index in [9.17, 15) is 5.11 Å². The molecule has 2 aliphatic rings. The van der Waals surface area contributed by atoms with E-state index in [1.54, 1.807) is 6.07 Å². The number of ether oxygens (including phenoxy) is 1. The van der Waals surface area contributed by atoms with Crippen molar-refractivity contribution in [3.63, 3.8) is 0 Å². The second kappa shape index (κ2) is 7.56. The maximum Gasteiger partial charge on any atom is 0.221 e. The number of hydrogen-bond acceptors (Lipinski definition) is 3. The number of aromatic nitrogens is 1. The first-order valence-corrected chi connectivity index (χ1v) is 9.56. The minimum atomic E-state index is 0.157. The van der Waals surface area contributed by atoms with E-state index in [0.29, 0.717) is 18.9 Å². The van der Waals surface area contributed by atoms with Crippen molar-refractivity contribution in [2.45, 2.75) is 20.3 Å². The Kier molecular flexibility index (Phi) is 4.96.